The third-order valence-electron chi connectivity index (χ3n) is 0.495. The van der Waals surface area contributed by atoms with Gasteiger partial charge >= 0.3 is 0 Å². The second-order valence-electron chi connectivity index (χ2n) is 1.16. The van der Waals surface area contributed by atoms with E-state index < -0.39 is 12.7 Å². The van der Waals surface area contributed by atoms with Crippen LogP contribution in [0.4, 0.5) is 0 Å². The molecule has 0 N–H and O–H groups in total. The normalized spacial score (nSPS) is 13.8. The zero-order valence-electron chi connectivity index (χ0n) is 6.76. The predicted molar refractivity (Wildman–Crippen MR) is 31.4 cm³/mol. The Hall–Kier alpha value is -0.790. The van der Waals surface area contributed by atoms with Crippen LogP contribution in [-0.4, -0.2) is 12.4 Å². The lowest BCUT2D eigenvalue weighted by atomic mass is 10.4. The van der Waals surface area contributed by atoms with Crippen molar-refractivity contribution in [2.45, 2.75) is 13.8 Å². The van der Waals surface area contributed by atoms with Crippen LogP contribution >= 0.6 is 0 Å². The molecule has 2 heteroatoms. The number of hydrogen-bond donors (Lipinski definition) is 0. The Balaban J connectivity index is 3.56. The minimum Gasteiger partial charge on any atom is -0.501 e. The van der Waals surface area contributed by atoms with Crippen molar-refractivity contribution in [3.63, 3.8) is 0 Å². The van der Waals surface area contributed by atoms with Gasteiger partial charge < -0.3 is 4.74 Å². The van der Waals surface area contributed by atoms with Crippen LogP contribution in [0.25, 0.3) is 0 Å². The molecule has 0 rings (SSSR count). The van der Waals surface area contributed by atoms with Gasteiger partial charge in [-0.25, -0.2) is 0 Å². The molecule has 0 heterocycles. The molecule has 2 nitrogen and oxygen atoms in total. The number of carbonyl (C=O) groups is 1. The van der Waals surface area contributed by atoms with Gasteiger partial charge in [0, 0.05) is 8.82 Å². The molecule has 0 radical (unpaired) electrons. The molecule has 0 aromatic heterocycles. The summed E-state index contributed by atoms with van der Waals surface area (Å²) in [5.41, 5.74) is 0. The first-order valence-corrected chi connectivity index (χ1v) is 2.35. The van der Waals surface area contributed by atoms with Crippen LogP contribution in [0.5, 0.6) is 0 Å². The van der Waals surface area contributed by atoms with Gasteiger partial charge in [0.25, 0.3) is 0 Å². The zero-order chi connectivity index (χ0) is 7.98. The highest BCUT2D eigenvalue weighted by Gasteiger charge is 1.77. The Morgan fingerprint density at radius 2 is 2.75 bits per heavy atom. The SMILES string of the molecule is [2H]C([2H])C(=O)/C=C/OCC. The van der Waals surface area contributed by atoms with Crippen LogP contribution in [-0.2, 0) is 9.53 Å². The fourth-order valence-electron chi connectivity index (χ4n) is 0.211. The van der Waals surface area contributed by atoms with Crippen LogP contribution in [0.15, 0.2) is 12.3 Å². The number of rotatable bonds is 3. The van der Waals surface area contributed by atoms with Crippen molar-refractivity contribution in [2.75, 3.05) is 6.61 Å². The van der Waals surface area contributed by atoms with E-state index >= 15 is 0 Å². The van der Waals surface area contributed by atoms with Crippen LogP contribution in [0.3, 0.4) is 0 Å². The van der Waals surface area contributed by atoms with E-state index in [1.165, 1.54) is 6.26 Å². The Kier molecular flexibility index (Phi) is 2.25. The van der Waals surface area contributed by atoms with E-state index in [2.05, 4.69) is 4.74 Å². The van der Waals surface area contributed by atoms with Gasteiger partial charge in [0.1, 0.15) is 0 Å². The molecule has 0 amide bonds. The summed E-state index contributed by atoms with van der Waals surface area (Å²) in [5, 5.41) is 0. The molecule has 46 valence electrons. The molecule has 0 aliphatic heterocycles. The zero-order valence-corrected chi connectivity index (χ0v) is 4.76. The average molecular weight is 116 g/mol. The minimum atomic E-state index is -1.43. The summed E-state index contributed by atoms with van der Waals surface area (Å²) in [6.07, 6.45) is 2.30. The molecule has 0 aliphatic rings. The summed E-state index contributed by atoms with van der Waals surface area (Å²) < 4.78 is 17.9. The maximum Gasteiger partial charge on any atom is 0.155 e. The molecule has 0 fully saturated rings. The van der Waals surface area contributed by atoms with Crippen LogP contribution in [0.2, 0.25) is 0 Å². The molecule has 0 saturated carbocycles. The molecule has 0 saturated heterocycles. The molecule has 0 atom stereocenters. The molecule has 0 aliphatic carbocycles. The fourth-order valence-corrected chi connectivity index (χ4v) is 0.211. The number of allylic oxidation sites excluding steroid dienone is 1. The highest BCUT2D eigenvalue weighted by molar-refractivity contribution is 5.86. The van der Waals surface area contributed by atoms with E-state index in [0.29, 0.717) is 6.61 Å². The lowest BCUT2D eigenvalue weighted by molar-refractivity contribution is -0.112. The van der Waals surface area contributed by atoms with Crippen molar-refractivity contribution in [1.82, 2.24) is 0 Å². The molecule has 0 spiro atoms. The van der Waals surface area contributed by atoms with E-state index in [4.69, 9.17) is 2.74 Å². The Morgan fingerprint density at radius 3 is 3.25 bits per heavy atom. The maximum atomic E-state index is 10.5. The standard InChI is InChI=1S/C6H10O2/c1-3-8-5-4-6(2)7/h4-5H,3H2,1-2H3/b5-4+/i2D2. The minimum absolute atomic E-state index is 0.491. The van der Waals surface area contributed by atoms with E-state index in [-0.39, 0.29) is 0 Å². The molecular formula is C6H10O2. The summed E-state index contributed by atoms with van der Waals surface area (Å²) >= 11 is 0. The monoisotopic (exact) mass is 116 g/mol. The molecule has 0 aromatic carbocycles. The quantitative estimate of drug-likeness (QED) is 0.408. The Morgan fingerprint density at radius 1 is 2.00 bits per heavy atom. The summed E-state index contributed by atoms with van der Waals surface area (Å²) in [7, 11) is 0. The molecule has 0 unspecified atom stereocenters. The maximum absolute atomic E-state index is 10.5. The Labute approximate surface area is 52.0 Å². The molecule has 8 heavy (non-hydrogen) atoms. The van der Waals surface area contributed by atoms with Crippen molar-refractivity contribution in [3.05, 3.63) is 12.3 Å². The van der Waals surface area contributed by atoms with Gasteiger partial charge in [0.2, 0.25) is 0 Å². The molecular weight excluding hydrogens is 104 g/mol. The molecule has 0 aromatic rings. The van der Waals surface area contributed by atoms with Crippen molar-refractivity contribution in [3.8, 4) is 0 Å². The number of ether oxygens (including phenoxy) is 1. The number of carbonyl (C=O) groups excluding carboxylic acids is 1. The van der Waals surface area contributed by atoms with Crippen molar-refractivity contribution < 1.29 is 12.3 Å². The average Bonchev–Trinajstić information content (AvgIpc) is 1.88. The van der Waals surface area contributed by atoms with E-state index in [9.17, 15) is 4.79 Å². The van der Waals surface area contributed by atoms with Crippen LogP contribution < -0.4 is 0 Å². The Bertz CT molecular complexity index is 132. The smallest absolute Gasteiger partial charge is 0.155 e. The second kappa shape index (κ2) is 4.37. The lowest BCUT2D eigenvalue weighted by Gasteiger charge is -1.88. The third kappa shape index (κ3) is 5.21. The first-order valence-electron chi connectivity index (χ1n) is 3.50. The van der Waals surface area contributed by atoms with Gasteiger partial charge in [-0.1, -0.05) is 0 Å². The van der Waals surface area contributed by atoms with Gasteiger partial charge in [0.15, 0.2) is 5.78 Å². The van der Waals surface area contributed by atoms with Gasteiger partial charge in [-0.15, -0.1) is 0 Å². The summed E-state index contributed by atoms with van der Waals surface area (Å²) in [6.45, 7) is 0.842. The summed E-state index contributed by atoms with van der Waals surface area (Å²) in [4.78, 5) is 10.5. The van der Waals surface area contributed by atoms with Gasteiger partial charge in [-0.2, -0.15) is 0 Å². The van der Waals surface area contributed by atoms with Crippen LogP contribution in [0, 0.1) is 0 Å². The third-order valence-corrected chi connectivity index (χ3v) is 0.495. The van der Waals surface area contributed by atoms with Gasteiger partial charge in [-0.05, 0) is 13.8 Å². The topological polar surface area (TPSA) is 26.3 Å². The summed E-state index contributed by atoms with van der Waals surface area (Å²) in [6, 6.07) is 0. The second-order valence-corrected chi connectivity index (χ2v) is 1.16. The van der Waals surface area contributed by atoms with E-state index in [0.717, 1.165) is 6.08 Å². The highest BCUT2D eigenvalue weighted by Crippen LogP contribution is 1.76. The van der Waals surface area contributed by atoms with Gasteiger partial charge in [0.05, 0.1) is 12.9 Å². The van der Waals surface area contributed by atoms with Crippen molar-refractivity contribution in [1.29, 1.82) is 0 Å². The van der Waals surface area contributed by atoms with Crippen molar-refractivity contribution >= 4 is 5.78 Å². The van der Waals surface area contributed by atoms with Crippen molar-refractivity contribution in [2.24, 2.45) is 0 Å². The number of hydrogen-bond acceptors (Lipinski definition) is 2. The van der Waals surface area contributed by atoms with E-state index in [1.807, 2.05) is 0 Å². The van der Waals surface area contributed by atoms with Crippen LogP contribution in [0.1, 0.15) is 16.5 Å². The summed E-state index contributed by atoms with van der Waals surface area (Å²) in [5.74, 6) is -0.562. The number of ketones is 1. The predicted octanol–water partition coefficient (Wildman–Crippen LogP) is 1.13. The van der Waals surface area contributed by atoms with Gasteiger partial charge in [-0.3, -0.25) is 4.79 Å². The fraction of sp³-hybridized carbons (Fsp3) is 0.500. The lowest BCUT2D eigenvalue weighted by Crippen LogP contribution is -1.82. The highest BCUT2D eigenvalue weighted by atomic mass is 16.5. The first-order chi connectivity index (χ1) is 4.68. The van der Waals surface area contributed by atoms with E-state index in [1.54, 1.807) is 6.92 Å². The largest absolute Gasteiger partial charge is 0.501 e. The molecule has 0 bridgehead atoms. The first kappa shape index (κ1) is 4.13.